The van der Waals surface area contributed by atoms with E-state index in [2.05, 4.69) is 19.2 Å². The van der Waals surface area contributed by atoms with Crippen molar-refractivity contribution in [1.82, 2.24) is 4.57 Å². The van der Waals surface area contributed by atoms with E-state index < -0.39 is 0 Å². The van der Waals surface area contributed by atoms with E-state index >= 15 is 0 Å². The zero-order valence-corrected chi connectivity index (χ0v) is 10.1. The van der Waals surface area contributed by atoms with E-state index in [9.17, 15) is 4.79 Å². The van der Waals surface area contributed by atoms with E-state index in [1.165, 1.54) is 4.57 Å². The molecule has 0 fully saturated rings. The Kier molecular flexibility index (Phi) is 4.21. The van der Waals surface area contributed by atoms with Crippen LogP contribution in [0.3, 0.4) is 0 Å². The minimum absolute atomic E-state index is 0.0179. The van der Waals surface area contributed by atoms with E-state index in [1.807, 2.05) is 6.07 Å². The highest BCUT2D eigenvalue weighted by atomic mass is 35.5. The summed E-state index contributed by atoms with van der Waals surface area (Å²) in [5, 5.41) is 3.23. The lowest BCUT2D eigenvalue weighted by atomic mass is 10.1. The Balaban J connectivity index is 2.59. The fourth-order valence-corrected chi connectivity index (χ4v) is 1.19. The molecule has 1 aromatic rings. The number of hydrogen-bond acceptors (Lipinski definition) is 2. The SMILES string of the molecule is CC(C)C(Cl)CNc1ccn(C)c(=O)c1. The Labute approximate surface area is 95.1 Å². The van der Waals surface area contributed by atoms with Crippen molar-refractivity contribution in [2.75, 3.05) is 11.9 Å². The fourth-order valence-electron chi connectivity index (χ4n) is 1.11. The summed E-state index contributed by atoms with van der Waals surface area (Å²) in [5.74, 6) is 0.422. The number of hydrogen-bond donors (Lipinski definition) is 1. The van der Waals surface area contributed by atoms with Gasteiger partial charge >= 0.3 is 0 Å². The molecule has 0 aromatic carbocycles. The molecule has 0 radical (unpaired) electrons. The van der Waals surface area contributed by atoms with Gasteiger partial charge in [0.15, 0.2) is 0 Å². The van der Waals surface area contributed by atoms with Gasteiger partial charge in [-0.2, -0.15) is 0 Å². The molecular weight excluding hydrogens is 212 g/mol. The van der Waals surface area contributed by atoms with Gasteiger partial charge in [-0.15, -0.1) is 11.6 Å². The third-order valence-electron chi connectivity index (χ3n) is 2.33. The predicted molar refractivity (Wildman–Crippen MR) is 64.7 cm³/mol. The first kappa shape index (κ1) is 12.1. The summed E-state index contributed by atoms with van der Waals surface area (Å²) in [5.41, 5.74) is 0.806. The van der Waals surface area contributed by atoms with Gasteiger partial charge in [0.25, 0.3) is 5.56 Å². The molecule has 15 heavy (non-hydrogen) atoms. The van der Waals surface area contributed by atoms with Crippen molar-refractivity contribution in [3.05, 3.63) is 28.7 Å². The van der Waals surface area contributed by atoms with Crippen LogP contribution in [0.1, 0.15) is 13.8 Å². The van der Waals surface area contributed by atoms with Crippen LogP contribution < -0.4 is 10.9 Å². The molecule has 0 aliphatic rings. The third-order valence-corrected chi connectivity index (χ3v) is 2.99. The van der Waals surface area contributed by atoms with Crippen molar-refractivity contribution >= 4 is 17.3 Å². The first-order chi connectivity index (χ1) is 7.00. The molecule has 84 valence electrons. The van der Waals surface area contributed by atoms with Crippen molar-refractivity contribution in [2.45, 2.75) is 19.2 Å². The number of nitrogens with zero attached hydrogens (tertiary/aromatic N) is 1. The van der Waals surface area contributed by atoms with Crippen LogP contribution in [0.5, 0.6) is 0 Å². The van der Waals surface area contributed by atoms with Crippen LogP contribution in [-0.2, 0) is 7.05 Å². The average Bonchev–Trinajstić information content (AvgIpc) is 2.19. The molecule has 4 heteroatoms. The molecule has 0 bridgehead atoms. The number of pyridine rings is 1. The Morgan fingerprint density at radius 1 is 1.53 bits per heavy atom. The lowest BCUT2D eigenvalue weighted by Crippen LogP contribution is -2.21. The van der Waals surface area contributed by atoms with Crippen LogP contribution in [0.2, 0.25) is 0 Å². The number of aryl methyl sites for hydroxylation is 1. The van der Waals surface area contributed by atoms with Crippen molar-refractivity contribution < 1.29 is 0 Å². The number of halogens is 1. The lowest BCUT2D eigenvalue weighted by molar-refractivity contribution is 0.616. The third kappa shape index (κ3) is 3.59. The second-order valence-electron chi connectivity index (χ2n) is 4.01. The van der Waals surface area contributed by atoms with Gasteiger partial charge in [-0.3, -0.25) is 4.79 Å². The molecule has 0 aliphatic carbocycles. The van der Waals surface area contributed by atoms with E-state index in [0.29, 0.717) is 12.5 Å². The van der Waals surface area contributed by atoms with Crippen LogP contribution in [0.15, 0.2) is 23.1 Å². The maximum Gasteiger partial charge on any atom is 0.252 e. The minimum atomic E-state index is -0.0179. The number of anilines is 1. The standard InChI is InChI=1S/C11H17ClN2O/c1-8(2)10(12)7-13-9-4-5-14(3)11(15)6-9/h4-6,8,10,13H,7H2,1-3H3. The summed E-state index contributed by atoms with van der Waals surface area (Å²) in [7, 11) is 1.73. The van der Waals surface area contributed by atoms with E-state index in [0.717, 1.165) is 5.69 Å². The van der Waals surface area contributed by atoms with Gasteiger partial charge in [0, 0.05) is 31.5 Å². The second-order valence-corrected chi connectivity index (χ2v) is 4.57. The molecule has 3 nitrogen and oxygen atoms in total. The highest BCUT2D eigenvalue weighted by molar-refractivity contribution is 6.21. The normalized spacial score (nSPS) is 12.9. The molecule has 0 aliphatic heterocycles. The van der Waals surface area contributed by atoms with E-state index in [-0.39, 0.29) is 10.9 Å². The summed E-state index contributed by atoms with van der Waals surface area (Å²) in [6, 6.07) is 3.44. The maximum atomic E-state index is 11.3. The quantitative estimate of drug-likeness (QED) is 0.801. The number of nitrogens with one attached hydrogen (secondary N) is 1. The van der Waals surface area contributed by atoms with Crippen molar-refractivity contribution in [3.63, 3.8) is 0 Å². The van der Waals surface area contributed by atoms with Gasteiger partial charge in [0.2, 0.25) is 0 Å². The topological polar surface area (TPSA) is 34.0 Å². The molecule has 0 amide bonds. The monoisotopic (exact) mass is 228 g/mol. The van der Waals surface area contributed by atoms with Crippen LogP contribution in [0.25, 0.3) is 0 Å². The summed E-state index contributed by atoms with van der Waals surface area (Å²) in [6.07, 6.45) is 1.74. The number of aromatic nitrogens is 1. The lowest BCUT2D eigenvalue weighted by Gasteiger charge is -2.14. The first-order valence-corrected chi connectivity index (χ1v) is 5.49. The molecule has 1 N–H and O–H groups in total. The Bertz CT molecular complexity index is 373. The zero-order chi connectivity index (χ0) is 11.4. The molecule has 1 aromatic heterocycles. The second kappa shape index (κ2) is 5.21. The van der Waals surface area contributed by atoms with Gasteiger partial charge in [-0.1, -0.05) is 13.8 Å². The first-order valence-electron chi connectivity index (χ1n) is 5.05. The van der Waals surface area contributed by atoms with Gasteiger partial charge < -0.3 is 9.88 Å². The Morgan fingerprint density at radius 2 is 2.20 bits per heavy atom. The van der Waals surface area contributed by atoms with Crippen LogP contribution in [-0.4, -0.2) is 16.5 Å². The summed E-state index contributed by atoms with van der Waals surface area (Å²) < 4.78 is 1.53. The summed E-state index contributed by atoms with van der Waals surface area (Å²) in [6.45, 7) is 4.82. The van der Waals surface area contributed by atoms with Crippen molar-refractivity contribution in [2.24, 2.45) is 13.0 Å². The van der Waals surface area contributed by atoms with Gasteiger partial charge in [-0.25, -0.2) is 0 Å². The molecular formula is C11H17ClN2O. The Hall–Kier alpha value is -0.960. The number of alkyl halides is 1. The van der Waals surface area contributed by atoms with Crippen LogP contribution >= 0.6 is 11.6 Å². The molecule has 0 saturated heterocycles. The van der Waals surface area contributed by atoms with Gasteiger partial charge in [0.1, 0.15) is 0 Å². The fraction of sp³-hybridized carbons (Fsp3) is 0.545. The summed E-state index contributed by atoms with van der Waals surface area (Å²) >= 11 is 6.09. The molecule has 1 unspecified atom stereocenters. The van der Waals surface area contributed by atoms with Gasteiger partial charge in [-0.05, 0) is 12.0 Å². The smallest absolute Gasteiger partial charge is 0.252 e. The minimum Gasteiger partial charge on any atom is -0.383 e. The van der Waals surface area contributed by atoms with Crippen molar-refractivity contribution in [1.29, 1.82) is 0 Å². The van der Waals surface area contributed by atoms with E-state index in [1.54, 1.807) is 19.3 Å². The molecule has 1 atom stereocenters. The highest BCUT2D eigenvalue weighted by Crippen LogP contribution is 2.10. The molecule has 1 rings (SSSR count). The molecule has 1 heterocycles. The average molecular weight is 229 g/mol. The zero-order valence-electron chi connectivity index (χ0n) is 9.33. The van der Waals surface area contributed by atoms with Crippen LogP contribution in [0, 0.1) is 5.92 Å². The summed E-state index contributed by atoms with van der Waals surface area (Å²) in [4.78, 5) is 11.3. The van der Waals surface area contributed by atoms with Crippen molar-refractivity contribution in [3.8, 4) is 0 Å². The highest BCUT2D eigenvalue weighted by Gasteiger charge is 2.08. The maximum absolute atomic E-state index is 11.3. The molecule has 0 spiro atoms. The van der Waals surface area contributed by atoms with Crippen LogP contribution in [0.4, 0.5) is 5.69 Å². The van der Waals surface area contributed by atoms with E-state index in [4.69, 9.17) is 11.6 Å². The Morgan fingerprint density at radius 3 is 2.73 bits per heavy atom. The largest absolute Gasteiger partial charge is 0.383 e. The van der Waals surface area contributed by atoms with Gasteiger partial charge in [0.05, 0.1) is 5.38 Å². The molecule has 0 saturated carbocycles. The number of rotatable bonds is 4. The predicted octanol–water partition coefficient (Wildman–Crippen LogP) is 2.06.